The van der Waals surface area contributed by atoms with Gasteiger partial charge in [-0.2, -0.15) is 0 Å². The normalized spacial score (nSPS) is 11.7. The zero-order valence-corrected chi connectivity index (χ0v) is 15.1. The fourth-order valence-electron chi connectivity index (χ4n) is 2.28. The molecule has 1 aromatic rings. The van der Waals surface area contributed by atoms with Crippen molar-refractivity contribution in [2.24, 2.45) is 0 Å². The number of carbonyl (C=O) groups excluding carboxylic acids is 2. The highest BCUT2D eigenvalue weighted by molar-refractivity contribution is 6.31. The zero-order chi connectivity index (χ0) is 18.1. The molecule has 2 N–H and O–H groups in total. The molecule has 1 unspecified atom stereocenters. The number of urea groups is 1. The maximum Gasteiger partial charge on any atom is 0.317 e. The van der Waals surface area contributed by atoms with Crippen molar-refractivity contribution in [3.05, 3.63) is 34.6 Å². The number of rotatable bonds is 8. The molecule has 0 saturated heterocycles. The molecule has 0 fully saturated rings. The van der Waals surface area contributed by atoms with Gasteiger partial charge >= 0.3 is 6.03 Å². The van der Waals surface area contributed by atoms with Crippen LogP contribution in [0.15, 0.2) is 18.2 Å². The summed E-state index contributed by atoms with van der Waals surface area (Å²) < 4.78 is 13.4. The minimum absolute atomic E-state index is 0.0150. The van der Waals surface area contributed by atoms with E-state index < -0.39 is 5.82 Å². The molecule has 5 nitrogen and oxygen atoms in total. The Bertz CT molecular complexity index is 569. The first kappa shape index (κ1) is 20.2. The molecular formula is C17H25ClFN3O2. The standard InChI is InChI=1S/C17H25ClFN3O2/c1-4-5-8-14(11-20-12(2)23)22(3)17(24)21-10-13-7-6-9-15(19)16(13)18/h6-7,9,14H,4-5,8,10-11H2,1-3H3,(H,20,23)(H,21,24). The second-order valence-electron chi connectivity index (χ2n) is 5.72. The van der Waals surface area contributed by atoms with Gasteiger partial charge in [-0.1, -0.05) is 43.5 Å². The minimum Gasteiger partial charge on any atom is -0.354 e. The van der Waals surface area contributed by atoms with E-state index in [0.29, 0.717) is 12.1 Å². The number of hydrogen-bond acceptors (Lipinski definition) is 2. The molecular weight excluding hydrogens is 333 g/mol. The number of likely N-dealkylation sites (N-methyl/N-ethyl adjacent to an activating group) is 1. The summed E-state index contributed by atoms with van der Waals surface area (Å²) in [6.07, 6.45) is 2.75. The second kappa shape index (κ2) is 10.1. The van der Waals surface area contributed by atoms with Crippen LogP contribution in [0.4, 0.5) is 9.18 Å². The Morgan fingerprint density at radius 3 is 2.67 bits per heavy atom. The molecule has 1 aromatic carbocycles. The van der Waals surface area contributed by atoms with Crippen molar-refractivity contribution in [3.8, 4) is 0 Å². The van der Waals surface area contributed by atoms with Crippen LogP contribution in [0.2, 0.25) is 5.02 Å². The van der Waals surface area contributed by atoms with E-state index in [2.05, 4.69) is 17.6 Å². The average Bonchev–Trinajstić information content (AvgIpc) is 2.55. The van der Waals surface area contributed by atoms with Gasteiger partial charge in [0.05, 0.1) is 11.1 Å². The number of halogens is 2. The minimum atomic E-state index is -0.511. The van der Waals surface area contributed by atoms with Crippen molar-refractivity contribution < 1.29 is 14.0 Å². The van der Waals surface area contributed by atoms with Crippen LogP contribution in [0.3, 0.4) is 0 Å². The van der Waals surface area contributed by atoms with Crippen molar-refractivity contribution in [1.82, 2.24) is 15.5 Å². The number of nitrogens with zero attached hydrogens (tertiary/aromatic N) is 1. The number of nitrogens with one attached hydrogen (secondary N) is 2. The van der Waals surface area contributed by atoms with Crippen molar-refractivity contribution in [1.29, 1.82) is 0 Å². The van der Waals surface area contributed by atoms with E-state index in [1.165, 1.54) is 13.0 Å². The Hall–Kier alpha value is -1.82. The van der Waals surface area contributed by atoms with Crippen LogP contribution in [0.5, 0.6) is 0 Å². The lowest BCUT2D eigenvalue weighted by Gasteiger charge is -2.28. The fourth-order valence-corrected chi connectivity index (χ4v) is 2.47. The maximum atomic E-state index is 13.4. The number of amides is 3. The van der Waals surface area contributed by atoms with Crippen LogP contribution >= 0.6 is 11.6 Å². The van der Waals surface area contributed by atoms with Crippen LogP contribution in [0.1, 0.15) is 38.7 Å². The summed E-state index contributed by atoms with van der Waals surface area (Å²) in [5.41, 5.74) is 0.519. The van der Waals surface area contributed by atoms with Gasteiger partial charge in [-0.3, -0.25) is 4.79 Å². The summed E-state index contributed by atoms with van der Waals surface area (Å²) in [7, 11) is 1.69. The molecule has 0 aliphatic heterocycles. The fraction of sp³-hybridized carbons (Fsp3) is 0.529. The maximum absolute atomic E-state index is 13.4. The molecule has 0 aliphatic carbocycles. The molecule has 3 amide bonds. The smallest absolute Gasteiger partial charge is 0.317 e. The van der Waals surface area contributed by atoms with E-state index in [-0.39, 0.29) is 29.5 Å². The molecule has 134 valence electrons. The average molecular weight is 358 g/mol. The monoisotopic (exact) mass is 357 g/mol. The van der Waals surface area contributed by atoms with Gasteiger partial charge in [0, 0.05) is 27.1 Å². The van der Waals surface area contributed by atoms with Gasteiger partial charge in [0.1, 0.15) is 5.82 Å². The molecule has 24 heavy (non-hydrogen) atoms. The van der Waals surface area contributed by atoms with E-state index >= 15 is 0 Å². The molecule has 0 aromatic heterocycles. The lowest BCUT2D eigenvalue weighted by Crippen LogP contribution is -2.48. The molecule has 0 aliphatic rings. The summed E-state index contributed by atoms with van der Waals surface area (Å²) in [4.78, 5) is 25.0. The Morgan fingerprint density at radius 1 is 1.33 bits per heavy atom. The van der Waals surface area contributed by atoms with Gasteiger partial charge in [-0.05, 0) is 18.1 Å². The molecule has 0 heterocycles. The Balaban J connectivity index is 2.64. The van der Waals surface area contributed by atoms with Gasteiger partial charge in [-0.25, -0.2) is 9.18 Å². The van der Waals surface area contributed by atoms with Crippen molar-refractivity contribution in [2.75, 3.05) is 13.6 Å². The highest BCUT2D eigenvalue weighted by Gasteiger charge is 2.20. The van der Waals surface area contributed by atoms with Crippen molar-refractivity contribution >= 4 is 23.5 Å². The molecule has 7 heteroatoms. The molecule has 0 bridgehead atoms. The van der Waals surface area contributed by atoms with E-state index in [1.807, 2.05) is 0 Å². The number of hydrogen-bond donors (Lipinski definition) is 2. The largest absolute Gasteiger partial charge is 0.354 e. The molecule has 0 saturated carbocycles. The molecule has 1 atom stereocenters. The van der Waals surface area contributed by atoms with Crippen molar-refractivity contribution in [3.63, 3.8) is 0 Å². The topological polar surface area (TPSA) is 61.4 Å². The van der Waals surface area contributed by atoms with Crippen LogP contribution in [-0.4, -0.2) is 36.5 Å². The Morgan fingerprint density at radius 2 is 2.04 bits per heavy atom. The number of benzene rings is 1. The van der Waals surface area contributed by atoms with Gasteiger partial charge in [0.15, 0.2) is 0 Å². The third kappa shape index (κ3) is 6.35. The predicted octanol–water partition coefficient (Wildman–Crippen LogP) is 3.32. The third-order valence-corrected chi connectivity index (χ3v) is 4.23. The zero-order valence-electron chi connectivity index (χ0n) is 14.4. The lowest BCUT2D eigenvalue weighted by molar-refractivity contribution is -0.119. The summed E-state index contributed by atoms with van der Waals surface area (Å²) in [6.45, 7) is 4.06. The van der Waals surface area contributed by atoms with Crippen LogP contribution in [0, 0.1) is 5.82 Å². The van der Waals surface area contributed by atoms with E-state index in [1.54, 1.807) is 24.1 Å². The second-order valence-corrected chi connectivity index (χ2v) is 6.09. The molecule has 0 radical (unpaired) electrons. The molecule has 1 rings (SSSR count). The molecule has 0 spiro atoms. The van der Waals surface area contributed by atoms with Gasteiger partial charge in [0.25, 0.3) is 0 Å². The van der Waals surface area contributed by atoms with E-state index in [9.17, 15) is 14.0 Å². The van der Waals surface area contributed by atoms with Crippen LogP contribution < -0.4 is 10.6 Å². The van der Waals surface area contributed by atoms with E-state index in [4.69, 9.17) is 11.6 Å². The Kier molecular flexibility index (Phi) is 8.54. The quantitative estimate of drug-likeness (QED) is 0.749. The summed E-state index contributed by atoms with van der Waals surface area (Å²) in [6, 6.07) is 4.09. The summed E-state index contributed by atoms with van der Waals surface area (Å²) >= 11 is 5.88. The first-order chi connectivity index (χ1) is 11.4. The van der Waals surface area contributed by atoms with Gasteiger partial charge in [0.2, 0.25) is 5.91 Å². The SMILES string of the molecule is CCCCC(CNC(C)=O)N(C)C(=O)NCc1cccc(F)c1Cl. The summed E-state index contributed by atoms with van der Waals surface area (Å²) in [5.74, 6) is -0.639. The van der Waals surface area contributed by atoms with Gasteiger partial charge < -0.3 is 15.5 Å². The van der Waals surface area contributed by atoms with Crippen molar-refractivity contribution in [2.45, 2.75) is 45.7 Å². The summed E-state index contributed by atoms with van der Waals surface area (Å²) in [5, 5.41) is 5.50. The highest BCUT2D eigenvalue weighted by atomic mass is 35.5. The van der Waals surface area contributed by atoms with E-state index in [0.717, 1.165) is 19.3 Å². The Labute approximate surface area is 147 Å². The number of unbranched alkanes of at least 4 members (excludes halogenated alkanes) is 1. The first-order valence-corrected chi connectivity index (χ1v) is 8.42. The van der Waals surface area contributed by atoms with Crippen LogP contribution in [0.25, 0.3) is 0 Å². The third-order valence-electron chi connectivity index (χ3n) is 3.81. The van der Waals surface area contributed by atoms with Gasteiger partial charge in [-0.15, -0.1) is 0 Å². The number of carbonyl (C=O) groups is 2. The highest BCUT2D eigenvalue weighted by Crippen LogP contribution is 2.19. The lowest BCUT2D eigenvalue weighted by atomic mass is 10.1. The predicted molar refractivity (Wildman–Crippen MR) is 93.4 cm³/mol. The first-order valence-electron chi connectivity index (χ1n) is 8.04. The van der Waals surface area contributed by atoms with Crippen LogP contribution in [-0.2, 0) is 11.3 Å².